The van der Waals surface area contributed by atoms with Crippen LogP contribution >= 0.6 is 11.3 Å². The first-order chi connectivity index (χ1) is 33.2. The Morgan fingerprint density at radius 3 is 1.43 bits per heavy atom. The van der Waals surface area contributed by atoms with Crippen molar-refractivity contribution < 1.29 is 0 Å². The number of benzene rings is 10. The molecule has 0 saturated heterocycles. The van der Waals surface area contributed by atoms with Crippen molar-refractivity contribution in [2.24, 2.45) is 0 Å². The number of aromatic nitrogens is 4. The number of para-hydroxylation sites is 4. The van der Waals surface area contributed by atoms with Crippen LogP contribution < -0.4 is 0 Å². The second kappa shape index (κ2) is 15.0. The molecule has 67 heavy (non-hydrogen) atoms. The van der Waals surface area contributed by atoms with E-state index < -0.39 is 0 Å². The third-order valence-corrected chi connectivity index (χ3v) is 14.7. The normalized spacial score (nSPS) is 11.9. The first kappa shape index (κ1) is 37.7. The molecule has 0 spiro atoms. The van der Waals surface area contributed by atoms with Crippen molar-refractivity contribution in [2.45, 2.75) is 0 Å². The van der Waals surface area contributed by atoms with Crippen LogP contribution in [0.2, 0.25) is 0 Å². The molecule has 0 saturated carbocycles. The molecule has 0 N–H and O–H groups in total. The number of hydrogen-bond donors (Lipinski definition) is 0. The Balaban J connectivity index is 0.937. The van der Waals surface area contributed by atoms with Crippen LogP contribution in [0.4, 0.5) is 0 Å². The molecule has 312 valence electrons. The number of hydrogen-bond acceptors (Lipinski definition) is 3. The van der Waals surface area contributed by atoms with Crippen molar-refractivity contribution in [1.82, 2.24) is 19.1 Å². The van der Waals surface area contributed by atoms with E-state index in [0.29, 0.717) is 0 Å². The highest BCUT2D eigenvalue weighted by molar-refractivity contribution is 7.26. The Morgan fingerprint density at radius 2 is 0.806 bits per heavy atom. The van der Waals surface area contributed by atoms with Crippen molar-refractivity contribution in [2.75, 3.05) is 0 Å². The van der Waals surface area contributed by atoms with Crippen molar-refractivity contribution in [3.63, 3.8) is 0 Å². The average Bonchev–Trinajstić information content (AvgIpc) is 4.06. The summed E-state index contributed by atoms with van der Waals surface area (Å²) in [7, 11) is 0. The maximum atomic E-state index is 5.31. The molecule has 4 heterocycles. The molecular weight excluding hydrogens is 833 g/mol. The number of nitrogens with zero attached hydrogens (tertiary/aromatic N) is 4. The minimum atomic E-state index is 0.736. The van der Waals surface area contributed by atoms with Crippen LogP contribution in [0.5, 0.6) is 0 Å². The zero-order valence-electron chi connectivity index (χ0n) is 36.1. The summed E-state index contributed by atoms with van der Waals surface area (Å²) in [5.74, 6) is 0.736. The quantitative estimate of drug-likeness (QED) is 0.167. The molecule has 0 aliphatic heterocycles. The smallest absolute Gasteiger partial charge is 0.161 e. The van der Waals surface area contributed by atoms with Gasteiger partial charge in [-0.25, -0.2) is 9.97 Å². The molecule has 0 radical (unpaired) electrons. The fourth-order valence-electron chi connectivity index (χ4n) is 10.5. The summed E-state index contributed by atoms with van der Waals surface area (Å²) in [5, 5.41) is 8.38. The second-order valence-corrected chi connectivity index (χ2v) is 18.4. The van der Waals surface area contributed by atoms with E-state index in [2.05, 4.69) is 234 Å². The monoisotopic (exact) mass is 870 g/mol. The van der Waals surface area contributed by atoms with Crippen molar-refractivity contribution in [1.29, 1.82) is 0 Å². The van der Waals surface area contributed by atoms with Gasteiger partial charge in [-0.15, -0.1) is 11.3 Å². The standard InChI is InChI=1S/C62H38N4S/c1-4-15-39(16-5-1)61-47-22-10-12-24-53(47)63-62(64-61)48-23-14-26-59-60(48)52-38-43(30-34-58(52)67-59)42-29-33-57-51(37-42)50-36-41(28-32-56(50)66(57)45-19-8-3-9-20-45)40-27-31-55-49(35-40)46-21-11-13-25-54(46)65(55)44-17-6-2-7-18-44/h1-38H. The van der Waals surface area contributed by atoms with E-state index >= 15 is 0 Å². The summed E-state index contributed by atoms with van der Waals surface area (Å²) >= 11 is 1.82. The molecule has 4 aromatic heterocycles. The molecule has 4 nitrogen and oxygen atoms in total. The third-order valence-electron chi connectivity index (χ3n) is 13.5. The Morgan fingerprint density at radius 1 is 0.313 bits per heavy atom. The van der Waals surface area contributed by atoms with E-state index in [1.165, 1.54) is 86.0 Å². The molecule has 14 aromatic rings. The lowest BCUT2D eigenvalue weighted by Gasteiger charge is -2.11. The molecular formula is C62H38N4S. The lowest BCUT2D eigenvalue weighted by Crippen LogP contribution is -1.95. The highest BCUT2D eigenvalue weighted by Crippen LogP contribution is 2.44. The topological polar surface area (TPSA) is 35.6 Å². The fraction of sp³-hybridized carbons (Fsp3) is 0. The van der Waals surface area contributed by atoms with Gasteiger partial charge in [0.05, 0.1) is 33.3 Å². The van der Waals surface area contributed by atoms with Gasteiger partial charge in [0.1, 0.15) is 0 Å². The number of fused-ring (bicyclic) bond motifs is 10. The number of rotatable bonds is 6. The van der Waals surface area contributed by atoms with Gasteiger partial charge in [0.15, 0.2) is 5.82 Å². The van der Waals surface area contributed by atoms with Crippen LogP contribution in [0.3, 0.4) is 0 Å². The van der Waals surface area contributed by atoms with E-state index in [1.54, 1.807) is 0 Å². The SMILES string of the molecule is c1ccc(-c2nc(-c3cccc4sc5ccc(-c6ccc7c(c6)c6cc(-c8ccc9c(c8)c8ccccc8n9-c8ccccc8)ccc6n7-c6ccccc6)cc5c34)nc3ccccc23)cc1. The molecule has 0 amide bonds. The highest BCUT2D eigenvalue weighted by atomic mass is 32.1. The summed E-state index contributed by atoms with van der Waals surface area (Å²) in [6.07, 6.45) is 0. The Kier molecular flexibility index (Phi) is 8.42. The van der Waals surface area contributed by atoms with Crippen molar-refractivity contribution in [3.8, 4) is 56.3 Å². The zero-order valence-corrected chi connectivity index (χ0v) is 37.0. The molecule has 0 unspecified atom stereocenters. The van der Waals surface area contributed by atoms with E-state index in [-0.39, 0.29) is 0 Å². The Labute approximate surface area is 389 Å². The van der Waals surface area contributed by atoms with Crippen LogP contribution in [-0.4, -0.2) is 19.1 Å². The Bertz CT molecular complexity index is 4260. The van der Waals surface area contributed by atoms with Crippen LogP contribution in [0.15, 0.2) is 231 Å². The predicted octanol–water partition coefficient (Wildman–Crippen LogP) is 16.9. The molecule has 0 bridgehead atoms. The summed E-state index contributed by atoms with van der Waals surface area (Å²) < 4.78 is 7.25. The van der Waals surface area contributed by atoms with Gasteiger partial charge in [-0.3, -0.25) is 0 Å². The molecule has 5 heteroatoms. The maximum Gasteiger partial charge on any atom is 0.161 e. The van der Waals surface area contributed by atoms with Gasteiger partial charge in [-0.05, 0) is 113 Å². The van der Waals surface area contributed by atoms with E-state index in [0.717, 1.165) is 44.9 Å². The summed E-state index contributed by atoms with van der Waals surface area (Å²) in [6, 6.07) is 83.3. The minimum Gasteiger partial charge on any atom is -0.309 e. The summed E-state index contributed by atoms with van der Waals surface area (Å²) in [4.78, 5) is 10.5. The molecule has 10 aromatic carbocycles. The largest absolute Gasteiger partial charge is 0.309 e. The third kappa shape index (κ3) is 5.99. The van der Waals surface area contributed by atoms with E-state index in [1.807, 2.05) is 17.4 Å². The van der Waals surface area contributed by atoms with Crippen LogP contribution in [0.1, 0.15) is 0 Å². The first-order valence-electron chi connectivity index (χ1n) is 22.7. The molecule has 0 fully saturated rings. The van der Waals surface area contributed by atoms with Gasteiger partial charge in [0.2, 0.25) is 0 Å². The maximum absolute atomic E-state index is 5.31. The number of thiophene rings is 1. The van der Waals surface area contributed by atoms with Gasteiger partial charge < -0.3 is 9.13 Å². The molecule has 0 atom stereocenters. The van der Waals surface area contributed by atoms with Crippen molar-refractivity contribution in [3.05, 3.63) is 231 Å². The fourth-order valence-corrected chi connectivity index (χ4v) is 11.6. The van der Waals surface area contributed by atoms with Gasteiger partial charge in [-0.2, -0.15) is 0 Å². The van der Waals surface area contributed by atoms with Crippen LogP contribution in [-0.2, 0) is 0 Å². The van der Waals surface area contributed by atoms with Crippen LogP contribution in [0, 0.1) is 0 Å². The van der Waals surface area contributed by atoms with E-state index in [9.17, 15) is 0 Å². The first-order valence-corrected chi connectivity index (χ1v) is 23.5. The van der Waals surface area contributed by atoms with Gasteiger partial charge in [-0.1, -0.05) is 140 Å². The van der Waals surface area contributed by atoms with Crippen LogP contribution in [0.25, 0.3) is 131 Å². The summed E-state index contributed by atoms with van der Waals surface area (Å²) in [6.45, 7) is 0. The predicted molar refractivity (Wildman–Crippen MR) is 283 cm³/mol. The second-order valence-electron chi connectivity index (χ2n) is 17.3. The molecule has 14 rings (SSSR count). The molecule has 0 aliphatic rings. The van der Waals surface area contributed by atoms with Gasteiger partial charge >= 0.3 is 0 Å². The lowest BCUT2D eigenvalue weighted by molar-refractivity contribution is 1.18. The van der Waals surface area contributed by atoms with Gasteiger partial charge in [0.25, 0.3) is 0 Å². The van der Waals surface area contributed by atoms with Gasteiger partial charge in [0, 0.05) is 69.6 Å². The highest BCUT2D eigenvalue weighted by Gasteiger charge is 2.20. The average molecular weight is 871 g/mol. The summed E-state index contributed by atoms with van der Waals surface area (Å²) in [5.41, 5.74) is 15.8. The van der Waals surface area contributed by atoms with Crippen molar-refractivity contribution >= 4 is 86.0 Å². The minimum absolute atomic E-state index is 0.736. The van der Waals surface area contributed by atoms with E-state index in [4.69, 9.17) is 9.97 Å². The zero-order chi connectivity index (χ0) is 44.0. The molecule has 0 aliphatic carbocycles. The Hall–Kier alpha value is -8.64. The lowest BCUT2D eigenvalue weighted by atomic mass is 9.98.